The smallest absolute Gasteiger partial charge is 0.122 e. The summed E-state index contributed by atoms with van der Waals surface area (Å²) in [6.07, 6.45) is 2.27. The van der Waals surface area contributed by atoms with Crippen LogP contribution in [-0.4, -0.2) is 20.2 Å². The number of hydrogen-bond donors (Lipinski definition) is 1. The van der Waals surface area contributed by atoms with Crippen LogP contribution in [0.15, 0.2) is 24.3 Å². The van der Waals surface area contributed by atoms with Crippen molar-refractivity contribution < 1.29 is 4.74 Å². The van der Waals surface area contributed by atoms with Gasteiger partial charge in [0.1, 0.15) is 5.75 Å². The lowest BCUT2D eigenvalue weighted by atomic mass is 10.1. The van der Waals surface area contributed by atoms with E-state index in [-0.39, 0.29) is 0 Å². The number of ether oxygens (including phenoxy) is 1. The lowest BCUT2D eigenvalue weighted by Crippen LogP contribution is -2.19. The van der Waals surface area contributed by atoms with Gasteiger partial charge in [0.15, 0.2) is 0 Å². The summed E-state index contributed by atoms with van der Waals surface area (Å²) >= 11 is 0. The van der Waals surface area contributed by atoms with Crippen molar-refractivity contribution in [2.75, 3.05) is 20.2 Å². The van der Waals surface area contributed by atoms with E-state index in [1.54, 1.807) is 7.11 Å². The van der Waals surface area contributed by atoms with E-state index in [1.807, 2.05) is 12.1 Å². The molecule has 2 heteroatoms. The maximum absolute atomic E-state index is 5.31. The van der Waals surface area contributed by atoms with Gasteiger partial charge in [-0.3, -0.25) is 0 Å². The van der Waals surface area contributed by atoms with Crippen molar-refractivity contribution in [3.63, 3.8) is 0 Å². The minimum Gasteiger partial charge on any atom is -0.496 e. The maximum Gasteiger partial charge on any atom is 0.122 e. The molecule has 1 N–H and O–H groups in total. The zero-order chi connectivity index (χ0) is 11.8. The summed E-state index contributed by atoms with van der Waals surface area (Å²) in [5, 5.41) is 3.46. The molecule has 0 saturated carbocycles. The van der Waals surface area contributed by atoms with Crippen LogP contribution >= 0.6 is 0 Å². The summed E-state index contributed by atoms with van der Waals surface area (Å²) in [7, 11) is 1.73. The molecule has 0 saturated heterocycles. The van der Waals surface area contributed by atoms with Crippen LogP contribution in [-0.2, 0) is 6.42 Å². The Morgan fingerprint density at radius 1 is 1.19 bits per heavy atom. The van der Waals surface area contributed by atoms with E-state index in [1.165, 1.54) is 12.0 Å². The molecule has 0 aliphatic rings. The van der Waals surface area contributed by atoms with E-state index < -0.39 is 0 Å². The molecule has 0 spiro atoms. The van der Waals surface area contributed by atoms with Gasteiger partial charge in [-0.05, 0) is 43.5 Å². The van der Waals surface area contributed by atoms with Gasteiger partial charge in [-0.1, -0.05) is 32.0 Å². The molecule has 0 amide bonds. The van der Waals surface area contributed by atoms with Crippen molar-refractivity contribution in [2.24, 2.45) is 5.92 Å². The number of methoxy groups -OCH3 is 1. The molecule has 0 unspecified atom stereocenters. The van der Waals surface area contributed by atoms with Crippen LogP contribution in [0.2, 0.25) is 0 Å². The first kappa shape index (κ1) is 13.0. The first-order chi connectivity index (χ1) is 7.74. The fourth-order valence-corrected chi connectivity index (χ4v) is 1.65. The number of rotatable bonds is 7. The second-order valence-corrected chi connectivity index (χ2v) is 4.49. The number of hydrogen-bond acceptors (Lipinski definition) is 2. The van der Waals surface area contributed by atoms with Crippen LogP contribution in [0.1, 0.15) is 25.8 Å². The maximum atomic E-state index is 5.31. The number of nitrogens with one attached hydrogen (secondary N) is 1. The fraction of sp³-hybridized carbons (Fsp3) is 0.571. The van der Waals surface area contributed by atoms with E-state index >= 15 is 0 Å². The SMILES string of the molecule is COc1ccccc1CCNCCC(C)C. The van der Waals surface area contributed by atoms with Gasteiger partial charge in [0.2, 0.25) is 0 Å². The summed E-state index contributed by atoms with van der Waals surface area (Å²) < 4.78 is 5.31. The van der Waals surface area contributed by atoms with Gasteiger partial charge in [-0.25, -0.2) is 0 Å². The molecular weight excluding hydrogens is 198 g/mol. The lowest BCUT2D eigenvalue weighted by Gasteiger charge is -2.09. The van der Waals surface area contributed by atoms with Crippen LogP contribution in [0.4, 0.5) is 0 Å². The molecule has 16 heavy (non-hydrogen) atoms. The van der Waals surface area contributed by atoms with E-state index in [0.29, 0.717) is 0 Å². The predicted octanol–water partition coefficient (Wildman–Crippen LogP) is 2.87. The molecule has 0 fully saturated rings. The first-order valence-corrected chi connectivity index (χ1v) is 6.06. The van der Waals surface area contributed by atoms with Gasteiger partial charge >= 0.3 is 0 Å². The van der Waals surface area contributed by atoms with Gasteiger partial charge in [0, 0.05) is 0 Å². The molecule has 0 aliphatic heterocycles. The van der Waals surface area contributed by atoms with Gasteiger partial charge in [-0.15, -0.1) is 0 Å². The van der Waals surface area contributed by atoms with E-state index in [2.05, 4.69) is 31.3 Å². The molecule has 0 atom stereocenters. The highest BCUT2D eigenvalue weighted by Crippen LogP contribution is 2.17. The Bertz CT molecular complexity index is 297. The zero-order valence-corrected chi connectivity index (χ0v) is 10.6. The van der Waals surface area contributed by atoms with E-state index in [9.17, 15) is 0 Å². The first-order valence-electron chi connectivity index (χ1n) is 6.06. The highest BCUT2D eigenvalue weighted by molar-refractivity contribution is 5.33. The number of para-hydroxylation sites is 1. The third-order valence-corrected chi connectivity index (χ3v) is 2.66. The predicted molar refractivity (Wildman–Crippen MR) is 69.0 cm³/mol. The molecule has 0 radical (unpaired) electrons. The topological polar surface area (TPSA) is 21.3 Å². The molecule has 0 bridgehead atoms. The average molecular weight is 221 g/mol. The largest absolute Gasteiger partial charge is 0.496 e. The summed E-state index contributed by atoms with van der Waals surface area (Å²) in [6, 6.07) is 8.22. The van der Waals surface area contributed by atoms with Crippen molar-refractivity contribution in [1.82, 2.24) is 5.32 Å². The molecule has 1 aromatic carbocycles. The third kappa shape index (κ3) is 4.67. The third-order valence-electron chi connectivity index (χ3n) is 2.66. The minimum absolute atomic E-state index is 0.777. The summed E-state index contributed by atoms with van der Waals surface area (Å²) in [5.41, 5.74) is 1.28. The van der Waals surface area contributed by atoms with Crippen molar-refractivity contribution in [3.8, 4) is 5.75 Å². The Morgan fingerprint density at radius 3 is 2.62 bits per heavy atom. The van der Waals surface area contributed by atoms with Gasteiger partial charge in [0.05, 0.1) is 7.11 Å². The average Bonchev–Trinajstić information content (AvgIpc) is 2.29. The lowest BCUT2D eigenvalue weighted by molar-refractivity contribution is 0.409. The molecule has 90 valence electrons. The standard InChI is InChI=1S/C14H23NO/c1-12(2)8-10-15-11-9-13-6-4-5-7-14(13)16-3/h4-7,12,15H,8-11H2,1-3H3. The Morgan fingerprint density at radius 2 is 1.94 bits per heavy atom. The highest BCUT2D eigenvalue weighted by atomic mass is 16.5. The summed E-state index contributed by atoms with van der Waals surface area (Å²) in [4.78, 5) is 0. The number of benzene rings is 1. The summed E-state index contributed by atoms with van der Waals surface area (Å²) in [6.45, 7) is 6.63. The Balaban J connectivity index is 2.26. The minimum atomic E-state index is 0.777. The van der Waals surface area contributed by atoms with Crippen LogP contribution in [0.5, 0.6) is 5.75 Å². The molecule has 0 heterocycles. The van der Waals surface area contributed by atoms with Crippen LogP contribution in [0.3, 0.4) is 0 Å². The molecule has 0 aliphatic carbocycles. The summed E-state index contributed by atoms with van der Waals surface area (Å²) in [5.74, 6) is 1.77. The van der Waals surface area contributed by atoms with Gasteiger partial charge < -0.3 is 10.1 Å². The quantitative estimate of drug-likeness (QED) is 0.715. The van der Waals surface area contributed by atoms with Crippen LogP contribution in [0, 0.1) is 5.92 Å². The highest BCUT2D eigenvalue weighted by Gasteiger charge is 2.00. The molecule has 1 aromatic rings. The zero-order valence-electron chi connectivity index (χ0n) is 10.6. The molecule has 0 aromatic heterocycles. The Kier molecular flexibility index (Phi) is 5.94. The Hall–Kier alpha value is -1.02. The Labute approximate surface area is 99.0 Å². The van der Waals surface area contributed by atoms with Crippen LogP contribution in [0.25, 0.3) is 0 Å². The van der Waals surface area contributed by atoms with Crippen LogP contribution < -0.4 is 10.1 Å². The van der Waals surface area contributed by atoms with E-state index in [4.69, 9.17) is 4.74 Å². The van der Waals surface area contributed by atoms with Crippen molar-refractivity contribution in [3.05, 3.63) is 29.8 Å². The molecule has 1 rings (SSSR count). The van der Waals surface area contributed by atoms with Crippen molar-refractivity contribution >= 4 is 0 Å². The van der Waals surface area contributed by atoms with Crippen molar-refractivity contribution in [2.45, 2.75) is 26.7 Å². The fourth-order valence-electron chi connectivity index (χ4n) is 1.65. The normalized spacial score (nSPS) is 10.8. The van der Waals surface area contributed by atoms with E-state index in [0.717, 1.165) is 31.2 Å². The van der Waals surface area contributed by atoms with Gasteiger partial charge in [-0.2, -0.15) is 0 Å². The second-order valence-electron chi connectivity index (χ2n) is 4.49. The van der Waals surface area contributed by atoms with Gasteiger partial charge in [0.25, 0.3) is 0 Å². The molecule has 2 nitrogen and oxygen atoms in total. The van der Waals surface area contributed by atoms with Crippen molar-refractivity contribution in [1.29, 1.82) is 0 Å². The second kappa shape index (κ2) is 7.29. The monoisotopic (exact) mass is 221 g/mol. The molecular formula is C14H23NO.